The molecule has 0 aromatic heterocycles. The van der Waals surface area contributed by atoms with Crippen molar-refractivity contribution in [3.63, 3.8) is 0 Å². The van der Waals surface area contributed by atoms with Gasteiger partial charge in [0.1, 0.15) is 6.61 Å². The number of amides is 1. The molecule has 0 aliphatic heterocycles. The maximum absolute atomic E-state index is 11.8. The molecule has 2 aromatic carbocycles. The van der Waals surface area contributed by atoms with Crippen LogP contribution in [0, 0.1) is 0 Å². The predicted molar refractivity (Wildman–Crippen MR) is 99.1 cm³/mol. The van der Waals surface area contributed by atoms with E-state index in [1.54, 1.807) is 0 Å². The summed E-state index contributed by atoms with van der Waals surface area (Å²) in [6.07, 6.45) is 3.09. The highest BCUT2D eigenvalue weighted by Gasteiger charge is 2.17. The molecule has 1 aliphatic carbocycles. The molecule has 1 aliphatic rings. The third kappa shape index (κ3) is 4.70. The molecule has 1 amide bonds. The van der Waals surface area contributed by atoms with Gasteiger partial charge in [0.25, 0.3) is 0 Å². The molecule has 5 heteroatoms. The molecule has 0 bridgehead atoms. The second-order valence-electron chi connectivity index (χ2n) is 6.48. The van der Waals surface area contributed by atoms with Gasteiger partial charge in [-0.2, -0.15) is 0 Å². The largest absolute Gasteiger partial charge is 0.480 e. The van der Waals surface area contributed by atoms with Gasteiger partial charge in [-0.25, -0.2) is 4.79 Å². The lowest BCUT2D eigenvalue weighted by Gasteiger charge is -2.07. The van der Waals surface area contributed by atoms with Gasteiger partial charge in [0, 0.05) is 13.0 Å². The minimum absolute atomic E-state index is 0.0320. The first-order valence-electron chi connectivity index (χ1n) is 8.90. The Morgan fingerprint density at radius 2 is 1.88 bits per heavy atom. The third-order valence-corrected chi connectivity index (χ3v) is 4.53. The molecule has 5 nitrogen and oxygen atoms in total. The van der Waals surface area contributed by atoms with Crippen LogP contribution in [0.3, 0.4) is 0 Å². The van der Waals surface area contributed by atoms with E-state index in [1.807, 2.05) is 0 Å². The maximum Gasteiger partial charge on any atom is 0.329 e. The van der Waals surface area contributed by atoms with Gasteiger partial charge < -0.3 is 15.2 Å². The quantitative estimate of drug-likeness (QED) is 0.580. The molecular weight excluding hydrogens is 330 g/mol. The minimum atomic E-state index is -1.01. The number of fused-ring (bicyclic) bond motifs is 3. The monoisotopic (exact) mass is 353 g/mol. The Labute approximate surface area is 153 Å². The molecule has 26 heavy (non-hydrogen) atoms. The van der Waals surface area contributed by atoms with E-state index in [2.05, 4.69) is 47.8 Å². The molecule has 0 atom stereocenters. The van der Waals surface area contributed by atoms with E-state index < -0.39 is 5.97 Å². The lowest BCUT2D eigenvalue weighted by Crippen LogP contribution is -2.27. The standard InChI is InChI=1S/C21H23NO4/c23-20(22-10-11-26-14-21(24)25)7-3-4-15-8-9-17-13-16-5-1-2-6-18(16)19(17)12-15/h1-2,5-6,8-9,12H,3-4,7,10-11,13-14H2,(H,22,23)(H,24,25). The summed E-state index contributed by atoms with van der Waals surface area (Å²) in [5.41, 5.74) is 6.64. The number of carboxylic acids is 1. The van der Waals surface area contributed by atoms with E-state index in [0.29, 0.717) is 13.0 Å². The lowest BCUT2D eigenvalue weighted by atomic mass is 10.00. The number of hydrogen-bond acceptors (Lipinski definition) is 3. The van der Waals surface area contributed by atoms with Crippen molar-refractivity contribution in [3.05, 3.63) is 59.2 Å². The van der Waals surface area contributed by atoms with E-state index in [1.165, 1.54) is 27.8 Å². The summed E-state index contributed by atoms with van der Waals surface area (Å²) in [5.74, 6) is -1.04. The van der Waals surface area contributed by atoms with Gasteiger partial charge >= 0.3 is 5.97 Å². The van der Waals surface area contributed by atoms with Crippen LogP contribution in [0.4, 0.5) is 0 Å². The molecule has 0 fully saturated rings. The summed E-state index contributed by atoms with van der Waals surface area (Å²) in [7, 11) is 0. The molecule has 0 saturated carbocycles. The Kier molecular flexibility index (Phi) is 6.02. The average molecular weight is 353 g/mol. The van der Waals surface area contributed by atoms with Crippen LogP contribution in [-0.2, 0) is 27.2 Å². The topological polar surface area (TPSA) is 75.6 Å². The summed E-state index contributed by atoms with van der Waals surface area (Å²) in [4.78, 5) is 22.1. The van der Waals surface area contributed by atoms with Crippen molar-refractivity contribution in [3.8, 4) is 11.1 Å². The van der Waals surface area contributed by atoms with Crippen molar-refractivity contribution >= 4 is 11.9 Å². The highest BCUT2D eigenvalue weighted by molar-refractivity contribution is 5.77. The van der Waals surface area contributed by atoms with Crippen molar-refractivity contribution in [2.24, 2.45) is 0 Å². The normalized spacial score (nSPS) is 11.7. The molecule has 2 N–H and O–H groups in total. The number of hydrogen-bond donors (Lipinski definition) is 2. The first-order chi connectivity index (χ1) is 12.6. The first-order valence-corrected chi connectivity index (χ1v) is 8.90. The number of aryl methyl sites for hydroxylation is 1. The maximum atomic E-state index is 11.8. The van der Waals surface area contributed by atoms with Gasteiger partial charge in [-0.05, 0) is 47.1 Å². The van der Waals surface area contributed by atoms with Crippen molar-refractivity contribution in [1.29, 1.82) is 0 Å². The molecule has 0 radical (unpaired) electrons. The number of benzene rings is 2. The van der Waals surface area contributed by atoms with E-state index in [0.717, 1.165) is 19.3 Å². The molecule has 0 heterocycles. The molecule has 3 rings (SSSR count). The number of aliphatic carboxylic acids is 1. The Morgan fingerprint density at radius 1 is 1.08 bits per heavy atom. The summed E-state index contributed by atoms with van der Waals surface area (Å²) in [6, 6.07) is 15.1. The van der Waals surface area contributed by atoms with Crippen molar-refractivity contribution in [2.45, 2.75) is 25.7 Å². The van der Waals surface area contributed by atoms with E-state index in [4.69, 9.17) is 9.84 Å². The van der Waals surface area contributed by atoms with Crippen molar-refractivity contribution in [1.82, 2.24) is 5.32 Å². The molecule has 0 spiro atoms. The van der Waals surface area contributed by atoms with Gasteiger partial charge in [-0.15, -0.1) is 0 Å². The molecule has 136 valence electrons. The van der Waals surface area contributed by atoms with E-state index in [-0.39, 0.29) is 19.1 Å². The highest BCUT2D eigenvalue weighted by Crippen LogP contribution is 2.36. The van der Waals surface area contributed by atoms with Crippen molar-refractivity contribution < 1.29 is 19.4 Å². The summed E-state index contributed by atoms with van der Waals surface area (Å²) < 4.78 is 4.88. The zero-order valence-electron chi connectivity index (χ0n) is 14.7. The minimum Gasteiger partial charge on any atom is -0.480 e. The summed E-state index contributed by atoms with van der Waals surface area (Å²) in [6.45, 7) is 0.210. The number of nitrogens with one attached hydrogen (secondary N) is 1. The zero-order chi connectivity index (χ0) is 18.4. The highest BCUT2D eigenvalue weighted by atomic mass is 16.5. The molecule has 0 saturated heterocycles. The fourth-order valence-electron chi connectivity index (χ4n) is 3.29. The van der Waals surface area contributed by atoms with E-state index in [9.17, 15) is 9.59 Å². The van der Waals surface area contributed by atoms with Gasteiger partial charge in [0.05, 0.1) is 6.61 Å². The summed E-state index contributed by atoms with van der Waals surface area (Å²) >= 11 is 0. The Bertz CT molecular complexity index is 800. The third-order valence-electron chi connectivity index (χ3n) is 4.53. The lowest BCUT2D eigenvalue weighted by molar-refractivity contribution is -0.142. The second-order valence-corrected chi connectivity index (χ2v) is 6.48. The Balaban J connectivity index is 1.42. The first kappa shape index (κ1) is 18.1. The van der Waals surface area contributed by atoms with Crippen LogP contribution in [0.5, 0.6) is 0 Å². The molecule has 0 unspecified atom stereocenters. The molecule has 2 aromatic rings. The Hall–Kier alpha value is -2.66. The van der Waals surface area contributed by atoms with Crippen LogP contribution in [-0.4, -0.2) is 36.7 Å². The van der Waals surface area contributed by atoms with E-state index >= 15 is 0 Å². The number of carbonyl (C=O) groups is 2. The predicted octanol–water partition coefficient (Wildman–Crippen LogP) is 2.80. The fraction of sp³-hybridized carbons (Fsp3) is 0.333. The number of ether oxygens (including phenoxy) is 1. The smallest absolute Gasteiger partial charge is 0.329 e. The number of carboxylic acid groups (broad SMARTS) is 1. The second kappa shape index (κ2) is 8.63. The van der Waals surface area contributed by atoms with Gasteiger partial charge in [-0.1, -0.05) is 42.5 Å². The number of rotatable bonds is 9. The van der Waals surface area contributed by atoms with Gasteiger partial charge in [0.2, 0.25) is 5.91 Å². The van der Waals surface area contributed by atoms with Crippen LogP contribution < -0.4 is 5.32 Å². The molecular formula is C21H23NO4. The van der Waals surface area contributed by atoms with Crippen LogP contribution in [0.25, 0.3) is 11.1 Å². The van der Waals surface area contributed by atoms with Crippen LogP contribution in [0.1, 0.15) is 29.5 Å². The van der Waals surface area contributed by atoms with Gasteiger partial charge in [0.15, 0.2) is 0 Å². The zero-order valence-corrected chi connectivity index (χ0v) is 14.7. The van der Waals surface area contributed by atoms with Gasteiger partial charge in [-0.3, -0.25) is 4.79 Å². The SMILES string of the molecule is O=C(O)COCCNC(=O)CCCc1ccc2c(c1)-c1ccccc1C2. The number of carbonyl (C=O) groups excluding carboxylic acids is 1. The van der Waals surface area contributed by atoms with Crippen LogP contribution >= 0.6 is 0 Å². The summed E-state index contributed by atoms with van der Waals surface area (Å²) in [5, 5.41) is 11.2. The van der Waals surface area contributed by atoms with Crippen LogP contribution in [0.15, 0.2) is 42.5 Å². The fourth-order valence-corrected chi connectivity index (χ4v) is 3.29. The van der Waals surface area contributed by atoms with Crippen LogP contribution in [0.2, 0.25) is 0 Å². The average Bonchev–Trinajstić information content (AvgIpc) is 2.99. The Morgan fingerprint density at radius 3 is 2.73 bits per heavy atom. The van der Waals surface area contributed by atoms with Crippen molar-refractivity contribution in [2.75, 3.05) is 19.8 Å².